The maximum absolute atomic E-state index is 11.8. The second kappa shape index (κ2) is 6.80. The third-order valence-electron chi connectivity index (χ3n) is 3.41. The summed E-state index contributed by atoms with van der Waals surface area (Å²) < 4.78 is 5.23. The van der Waals surface area contributed by atoms with E-state index in [1.54, 1.807) is 0 Å². The zero-order valence-corrected chi connectivity index (χ0v) is 14.5. The van der Waals surface area contributed by atoms with Gasteiger partial charge in [0.2, 0.25) is 0 Å². The van der Waals surface area contributed by atoms with Crippen LogP contribution in [0.3, 0.4) is 0 Å². The third-order valence-corrected chi connectivity index (χ3v) is 3.41. The van der Waals surface area contributed by atoms with Gasteiger partial charge in [0.25, 0.3) is 0 Å². The highest BCUT2D eigenvalue weighted by molar-refractivity contribution is 5.86. The van der Waals surface area contributed by atoms with Crippen LogP contribution < -0.4 is 10.6 Å². The molecule has 0 aliphatic heterocycles. The Hall–Kier alpha value is -3.09. The summed E-state index contributed by atoms with van der Waals surface area (Å²) in [6, 6.07) is 9.50. The van der Waals surface area contributed by atoms with Crippen LogP contribution in [0.2, 0.25) is 0 Å². The van der Waals surface area contributed by atoms with Gasteiger partial charge in [-0.15, -0.1) is 0 Å². The van der Waals surface area contributed by atoms with Crippen LogP contribution in [0.1, 0.15) is 26.3 Å². The number of hydrogen-bond donors (Lipinski definition) is 3. The Morgan fingerprint density at radius 1 is 1.16 bits per heavy atom. The van der Waals surface area contributed by atoms with Crippen molar-refractivity contribution in [1.29, 1.82) is 0 Å². The molecule has 130 valence electrons. The van der Waals surface area contributed by atoms with Crippen molar-refractivity contribution in [3.05, 3.63) is 48.4 Å². The molecule has 25 heavy (non-hydrogen) atoms. The van der Waals surface area contributed by atoms with E-state index in [1.807, 2.05) is 57.3 Å². The van der Waals surface area contributed by atoms with Crippen molar-refractivity contribution in [2.45, 2.75) is 32.9 Å². The van der Waals surface area contributed by atoms with Gasteiger partial charge in [-0.05, 0) is 44.5 Å². The molecule has 2 aromatic heterocycles. The number of fused-ring (bicyclic) bond motifs is 1. The average Bonchev–Trinajstić information content (AvgIpc) is 3.01. The van der Waals surface area contributed by atoms with Crippen molar-refractivity contribution in [1.82, 2.24) is 15.0 Å². The number of aromatic nitrogens is 3. The number of nitrogens with one attached hydrogen (secondary N) is 3. The lowest BCUT2D eigenvalue weighted by Crippen LogP contribution is -2.27. The minimum absolute atomic E-state index is 0.464. The van der Waals surface area contributed by atoms with Crippen LogP contribution in [-0.2, 0) is 11.3 Å². The molecule has 0 radical (unpaired) electrons. The van der Waals surface area contributed by atoms with Gasteiger partial charge in [-0.2, -0.15) is 0 Å². The Morgan fingerprint density at radius 3 is 2.64 bits per heavy atom. The van der Waals surface area contributed by atoms with Crippen LogP contribution in [0.15, 0.2) is 42.9 Å². The first kappa shape index (κ1) is 16.8. The Kier molecular flexibility index (Phi) is 4.56. The summed E-state index contributed by atoms with van der Waals surface area (Å²) >= 11 is 0. The first-order valence-electron chi connectivity index (χ1n) is 8.02. The summed E-state index contributed by atoms with van der Waals surface area (Å²) in [6.07, 6.45) is 2.89. The van der Waals surface area contributed by atoms with Crippen LogP contribution in [-0.4, -0.2) is 26.6 Å². The number of aromatic amines is 1. The minimum atomic E-state index is -0.519. The summed E-state index contributed by atoms with van der Waals surface area (Å²) in [5.74, 6) is 0.780. The lowest BCUT2D eigenvalue weighted by molar-refractivity contribution is 0.0636. The smallest absolute Gasteiger partial charge is 0.412 e. The molecule has 3 rings (SSSR count). The van der Waals surface area contributed by atoms with Gasteiger partial charge in [-0.3, -0.25) is 5.32 Å². The quantitative estimate of drug-likeness (QED) is 0.670. The van der Waals surface area contributed by atoms with Crippen LogP contribution in [0, 0.1) is 0 Å². The maximum Gasteiger partial charge on any atom is 0.412 e. The molecule has 0 aliphatic rings. The van der Waals surface area contributed by atoms with Crippen LogP contribution in [0.25, 0.3) is 11.0 Å². The summed E-state index contributed by atoms with van der Waals surface area (Å²) in [5.41, 5.74) is 2.04. The average molecular weight is 339 g/mol. The normalized spacial score (nSPS) is 11.3. The number of carbonyl (C=O) groups excluding carboxylic acids is 1. The molecule has 1 aromatic carbocycles. The van der Waals surface area contributed by atoms with Gasteiger partial charge in [0, 0.05) is 18.4 Å². The fourth-order valence-corrected chi connectivity index (χ4v) is 2.33. The highest BCUT2D eigenvalue weighted by Crippen LogP contribution is 2.19. The van der Waals surface area contributed by atoms with Crippen molar-refractivity contribution < 1.29 is 9.53 Å². The lowest BCUT2D eigenvalue weighted by atomic mass is 10.2. The fraction of sp³-hybridized carbons (Fsp3) is 0.278. The molecule has 0 atom stereocenters. The van der Waals surface area contributed by atoms with E-state index >= 15 is 0 Å². The summed E-state index contributed by atoms with van der Waals surface area (Å²) in [4.78, 5) is 23.2. The molecule has 0 aliphatic carbocycles. The predicted octanol–water partition coefficient (Wildman–Crippen LogP) is 3.92. The molecule has 0 saturated heterocycles. The highest BCUT2D eigenvalue weighted by Gasteiger charge is 2.16. The highest BCUT2D eigenvalue weighted by atomic mass is 16.6. The van der Waals surface area contributed by atoms with Gasteiger partial charge in [-0.25, -0.2) is 14.8 Å². The number of ether oxygens (including phenoxy) is 1. The molecular weight excluding hydrogens is 318 g/mol. The third kappa shape index (κ3) is 4.47. The van der Waals surface area contributed by atoms with Crippen molar-refractivity contribution in [2.24, 2.45) is 0 Å². The Balaban J connectivity index is 1.59. The van der Waals surface area contributed by atoms with Gasteiger partial charge >= 0.3 is 6.09 Å². The first-order valence-corrected chi connectivity index (χ1v) is 8.02. The predicted molar refractivity (Wildman–Crippen MR) is 97.5 cm³/mol. The Bertz CT molecular complexity index is 865. The molecule has 0 fully saturated rings. The molecule has 1 amide bonds. The van der Waals surface area contributed by atoms with Crippen molar-refractivity contribution in [3.8, 4) is 0 Å². The van der Waals surface area contributed by atoms with E-state index in [1.165, 1.54) is 6.33 Å². The number of carbonyl (C=O) groups is 1. The van der Waals surface area contributed by atoms with Crippen LogP contribution >= 0.6 is 0 Å². The Morgan fingerprint density at radius 2 is 1.92 bits per heavy atom. The molecule has 3 N–H and O–H groups in total. The van der Waals surface area contributed by atoms with Gasteiger partial charge < -0.3 is 15.0 Å². The zero-order chi connectivity index (χ0) is 17.9. The van der Waals surface area contributed by atoms with Crippen molar-refractivity contribution >= 4 is 28.6 Å². The molecule has 0 spiro atoms. The number of H-pyrrole nitrogens is 1. The summed E-state index contributed by atoms with van der Waals surface area (Å²) in [5, 5.41) is 6.96. The molecule has 3 aromatic rings. The molecule has 0 bridgehead atoms. The number of amides is 1. The zero-order valence-electron chi connectivity index (χ0n) is 14.5. The summed E-state index contributed by atoms with van der Waals surface area (Å²) in [7, 11) is 0. The molecule has 0 saturated carbocycles. The van der Waals surface area contributed by atoms with E-state index in [2.05, 4.69) is 25.6 Å². The lowest BCUT2D eigenvalue weighted by Gasteiger charge is -2.19. The second-order valence-corrected chi connectivity index (χ2v) is 6.64. The van der Waals surface area contributed by atoms with E-state index in [4.69, 9.17) is 4.74 Å². The van der Waals surface area contributed by atoms with Gasteiger partial charge in [0.05, 0.1) is 5.39 Å². The van der Waals surface area contributed by atoms with E-state index in [0.717, 1.165) is 22.4 Å². The van der Waals surface area contributed by atoms with E-state index in [-0.39, 0.29) is 0 Å². The van der Waals surface area contributed by atoms with Gasteiger partial charge in [0.15, 0.2) is 0 Å². The SMILES string of the molecule is CC(C)(C)OC(=O)Nc1ccc(CNc2ncnc3[nH]ccc23)cc1. The number of anilines is 2. The maximum atomic E-state index is 11.8. The molecule has 0 unspecified atom stereocenters. The monoisotopic (exact) mass is 339 g/mol. The first-order chi connectivity index (χ1) is 11.9. The number of nitrogens with zero attached hydrogens (tertiary/aromatic N) is 2. The number of rotatable bonds is 4. The minimum Gasteiger partial charge on any atom is -0.444 e. The number of benzene rings is 1. The Labute approximate surface area is 145 Å². The van der Waals surface area contributed by atoms with E-state index in [0.29, 0.717) is 12.2 Å². The van der Waals surface area contributed by atoms with E-state index in [9.17, 15) is 4.79 Å². The van der Waals surface area contributed by atoms with Crippen LogP contribution in [0.5, 0.6) is 0 Å². The van der Waals surface area contributed by atoms with Gasteiger partial charge in [0.1, 0.15) is 23.4 Å². The van der Waals surface area contributed by atoms with Crippen molar-refractivity contribution in [3.63, 3.8) is 0 Å². The number of hydrogen-bond acceptors (Lipinski definition) is 5. The van der Waals surface area contributed by atoms with Crippen molar-refractivity contribution in [2.75, 3.05) is 10.6 Å². The van der Waals surface area contributed by atoms with E-state index < -0.39 is 11.7 Å². The van der Waals surface area contributed by atoms with Gasteiger partial charge in [-0.1, -0.05) is 12.1 Å². The fourth-order valence-electron chi connectivity index (χ4n) is 2.33. The topological polar surface area (TPSA) is 91.9 Å². The summed E-state index contributed by atoms with van der Waals surface area (Å²) in [6.45, 7) is 6.10. The molecule has 2 heterocycles. The molecule has 7 nitrogen and oxygen atoms in total. The largest absolute Gasteiger partial charge is 0.444 e. The molecule has 7 heteroatoms. The van der Waals surface area contributed by atoms with Crippen LogP contribution in [0.4, 0.5) is 16.3 Å². The standard InChI is InChI=1S/C18H21N5O2/c1-18(2,3)25-17(24)23-13-6-4-12(5-7-13)10-20-16-14-8-9-19-15(14)21-11-22-16/h4-9,11H,10H2,1-3H3,(H,23,24)(H2,19,20,21,22). The molecular formula is C18H21N5O2. The second-order valence-electron chi connectivity index (χ2n) is 6.64.